The van der Waals surface area contributed by atoms with E-state index in [9.17, 15) is 0 Å². The molecule has 0 bridgehead atoms. The Morgan fingerprint density at radius 1 is 0.792 bits per heavy atom. The van der Waals surface area contributed by atoms with E-state index in [-0.39, 0.29) is 21.1 Å². The SMILES string of the molecule is COc1cc(C)c(-c2c(C)nn(-c3[c-]c(Oc4[c-]c5c(cc4)c4ccccc4n5-c4cc(C)ccn4)ccc3)c2CC(C)C)c(C)c1.[Pt+2]. The maximum absolute atomic E-state index is 6.47. The smallest absolute Gasteiger partial charge is 0.509 e. The van der Waals surface area contributed by atoms with E-state index in [1.54, 1.807) is 7.11 Å². The molecule has 48 heavy (non-hydrogen) atoms. The van der Waals surface area contributed by atoms with Gasteiger partial charge in [0.05, 0.1) is 18.5 Å². The molecule has 0 aliphatic carbocycles. The maximum atomic E-state index is 6.47. The summed E-state index contributed by atoms with van der Waals surface area (Å²) in [4.78, 5) is 4.70. The number of hydrogen-bond acceptors (Lipinski definition) is 4. The maximum Gasteiger partial charge on any atom is 2.00 e. The molecule has 0 amide bonds. The normalized spacial score (nSPS) is 11.3. The number of pyridine rings is 1. The average molecular weight is 814 g/mol. The van der Waals surface area contributed by atoms with Gasteiger partial charge < -0.3 is 14.0 Å². The second-order valence-corrected chi connectivity index (χ2v) is 12.7. The second kappa shape index (κ2) is 13.4. The number of rotatable bonds is 8. The minimum atomic E-state index is 0. The van der Waals surface area contributed by atoms with Crippen molar-refractivity contribution < 1.29 is 30.5 Å². The van der Waals surface area contributed by atoms with E-state index in [0.29, 0.717) is 17.4 Å². The van der Waals surface area contributed by atoms with E-state index in [1.807, 2.05) is 41.2 Å². The molecule has 0 unspecified atom stereocenters. The molecule has 3 heterocycles. The van der Waals surface area contributed by atoms with Crippen LogP contribution in [0.1, 0.15) is 41.9 Å². The Bertz CT molecular complexity index is 2260. The standard InChI is InChI=1S/C41H38N4O2.Pt/c1-25(2)19-38-41(40-27(4)21-33(46-7)22-28(40)5)29(6)43-45(38)30-11-10-12-31(23-30)47-32-15-16-35-34-13-8-9-14-36(34)44(37(35)24-32)39-20-26(3)17-18-42-39;/h8-18,20-22,25H,19H2,1-7H3;/q-2;+2. The van der Waals surface area contributed by atoms with Gasteiger partial charge in [-0.2, -0.15) is 17.2 Å². The summed E-state index contributed by atoms with van der Waals surface area (Å²) in [7, 11) is 1.71. The number of aryl methyl sites for hydroxylation is 4. The molecule has 7 aromatic rings. The summed E-state index contributed by atoms with van der Waals surface area (Å²) < 4.78 is 16.2. The van der Waals surface area contributed by atoms with Crippen molar-refractivity contribution in [2.24, 2.45) is 5.92 Å². The van der Waals surface area contributed by atoms with Crippen molar-refractivity contribution in [3.05, 3.63) is 125 Å². The molecule has 0 aliphatic rings. The largest absolute Gasteiger partial charge is 2.00 e. The molecule has 3 aromatic heterocycles. The van der Waals surface area contributed by atoms with Gasteiger partial charge in [-0.25, -0.2) is 4.98 Å². The number of fused-ring (bicyclic) bond motifs is 3. The van der Waals surface area contributed by atoms with E-state index >= 15 is 0 Å². The molecule has 0 radical (unpaired) electrons. The van der Waals surface area contributed by atoms with Crippen LogP contribution in [0.25, 0.3) is 44.4 Å². The number of para-hydroxylation sites is 1. The Labute approximate surface area is 296 Å². The molecule has 0 N–H and O–H groups in total. The zero-order valence-electron chi connectivity index (χ0n) is 28.3. The van der Waals surface area contributed by atoms with Gasteiger partial charge in [0.25, 0.3) is 0 Å². The van der Waals surface area contributed by atoms with Gasteiger partial charge in [-0.3, -0.25) is 4.68 Å². The van der Waals surface area contributed by atoms with Crippen molar-refractivity contribution in [1.29, 1.82) is 0 Å². The second-order valence-electron chi connectivity index (χ2n) is 12.7. The molecule has 0 spiro atoms. The first-order chi connectivity index (χ1) is 22.7. The van der Waals surface area contributed by atoms with E-state index in [4.69, 9.17) is 19.6 Å². The zero-order valence-corrected chi connectivity index (χ0v) is 30.6. The van der Waals surface area contributed by atoms with E-state index < -0.39 is 0 Å². The molecule has 4 aromatic carbocycles. The van der Waals surface area contributed by atoms with Crippen LogP contribution in [0.15, 0.2) is 85.1 Å². The Morgan fingerprint density at radius 3 is 2.27 bits per heavy atom. The third-order valence-corrected chi connectivity index (χ3v) is 8.64. The van der Waals surface area contributed by atoms with Gasteiger partial charge >= 0.3 is 21.1 Å². The Balaban J connectivity index is 0.00000401. The van der Waals surface area contributed by atoms with Crippen LogP contribution in [0.5, 0.6) is 17.2 Å². The van der Waals surface area contributed by atoms with Crippen LogP contribution in [-0.2, 0) is 27.5 Å². The quantitative estimate of drug-likeness (QED) is 0.144. The van der Waals surface area contributed by atoms with Crippen LogP contribution >= 0.6 is 0 Å². The molecular formula is C41H38N4O2Pt. The van der Waals surface area contributed by atoms with Crippen LogP contribution in [-0.4, -0.2) is 26.4 Å². The van der Waals surface area contributed by atoms with Crippen LogP contribution in [0, 0.1) is 45.7 Å². The van der Waals surface area contributed by atoms with Gasteiger partial charge in [-0.15, -0.1) is 35.7 Å². The summed E-state index contributed by atoms with van der Waals surface area (Å²) in [6.07, 6.45) is 2.71. The first kappa shape index (κ1) is 33.2. The minimum absolute atomic E-state index is 0. The third kappa shape index (κ3) is 6.06. The number of aromatic nitrogens is 4. The number of nitrogens with zero attached hydrogens (tertiary/aromatic N) is 4. The van der Waals surface area contributed by atoms with E-state index in [1.165, 1.54) is 22.3 Å². The van der Waals surface area contributed by atoms with Gasteiger partial charge in [-0.1, -0.05) is 37.6 Å². The third-order valence-electron chi connectivity index (χ3n) is 8.64. The summed E-state index contributed by atoms with van der Waals surface area (Å²) in [5.74, 6) is 3.34. The van der Waals surface area contributed by atoms with Crippen molar-refractivity contribution in [3.8, 4) is 39.9 Å². The summed E-state index contributed by atoms with van der Waals surface area (Å²) in [6.45, 7) is 12.9. The summed E-state index contributed by atoms with van der Waals surface area (Å²) >= 11 is 0. The molecule has 0 aliphatic heterocycles. The summed E-state index contributed by atoms with van der Waals surface area (Å²) in [5, 5.41) is 7.32. The predicted molar refractivity (Wildman–Crippen MR) is 189 cm³/mol. The van der Waals surface area contributed by atoms with Gasteiger partial charge in [0.2, 0.25) is 0 Å². The fraction of sp³-hybridized carbons (Fsp3) is 0.220. The number of benzene rings is 4. The van der Waals surface area contributed by atoms with Crippen LogP contribution < -0.4 is 9.47 Å². The molecule has 0 saturated carbocycles. The molecule has 0 fully saturated rings. The Kier molecular flexibility index (Phi) is 9.31. The van der Waals surface area contributed by atoms with Gasteiger partial charge in [0.1, 0.15) is 11.6 Å². The molecule has 6 nitrogen and oxygen atoms in total. The first-order valence-corrected chi connectivity index (χ1v) is 16.0. The Morgan fingerprint density at radius 2 is 1.54 bits per heavy atom. The van der Waals surface area contributed by atoms with Crippen LogP contribution in [0.4, 0.5) is 0 Å². The van der Waals surface area contributed by atoms with Gasteiger partial charge in [0, 0.05) is 28.8 Å². The zero-order chi connectivity index (χ0) is 32.8. The van der Waals surface area contributed by atoms with Crippen molar-refractivity contribution >= 4 is 21.8 Å². The molecule has 7 rings (SSSR count). The monoisotopic (exact) mass is 813 g/mol. The van der Waals surface area contributed by atoms with Crippen molar-refractivity contribution in [1.82, 2.24) is 19.3 Å². The number of ether oxygens (including phenoxy) is 2. The van der Waals surface area contributed by atoms with E-state index in [0.717, 1.165) is 62.4 Å². The molecule has 7 heteroatoms. The van der Waals surface area contributed by atoms with Crippen molar-refractivity contribution in [3.63, 3.8) is 0 Å². The van der Waals surface area contributed by atoms with Crippen molar-refractivity contribution in [2.45, 2.75) is 48.0 Å². The Hall–Kier alpha value is -4.67. The molecule has 244 valence electrons. The predicted octanol–water partition coefficient (Wildman–Crippen LogP) is 9.86. The first-order valence-electron chi connectivity index (χ1n) is 16.0. The molecular weight excluding hydrogens is 776 g/mol. The topological polar surface area (TPSA) is 54.1 Å². The van der Waals surface area contributed by atoms with Crippen LogP contribution in [0.2, 0.25) is 0 Å². The minimum Gasteiger partial charge on any atom is -0.509 e. The molecule has 0 saturated heterocycles. The average Bonchev–Trinajstić information content (AvgIpc) is 3.54. The number of hydrogen-bond donors (Lipinski definition) is 0. The fourth-order valence-electron chi connectivity index (χ4n) is 6.66. The summed E-state index contributed by atoms with van der Waals surface area (Å²) in [6, 6.07) is 33.8. The molecule has 0 atom stereocenters. The van der Waals surface area contributed by atoms with Gasteiger partial charge in [-0.05, 0) is 104 Å². The summed E-state index contributed by atoms with van der Waals surface area (Å²) in [5.41, 5.74) is 10.8. The van der Waals surface area contributed by atoms with E-state index in [2.05, 4.69) is 107 Å². The number of methoxy groups -OCH3 is 1. The van der Waals surface area contributed by atoms with Gasteiger partial charge in [0.15, 0.2) is 0 Å². The van der Waals surface area contributed by atoms with Crippen molar-refractivity contribution in [2.75, 3.05) is 7.11 Å². The van der Waals surface area contributed by atoms with Crippen LogP contribution in [0.3, 0.4) is 0 Å². The fourth-order valence-corrected chi connectivity index (χ4v) is 6.66.